The Hall–Kier alpha value is -0.120. The van der Waals surface area contributed by atoms with E-state index in [1.807, 2.05) is 14.1 Å². The Bertz CT molecular complexity index is 320. The fourth-order valence-corrected chi connectivity index (χ4v) is 4.95. The summed E-state index contributed by atoms with van der Waals surface area (Å²) in [6, 6.07) is 0. The van der Waals surface area contributed by atoms with Gasteiger partial charge >= 0.3 is 0 Å². The van der Waals surface area contributed by atoms with Gasteiger partial charge in [0, 0.05) is 0 Å². The molecule has 31 heavy (non-hydrogen) atoms. The predicted octanol–water partition coefficient (Wildman–Crippen LogP) is 4.23. The highest BCUT2D eigenvalue weighted by Crippen LogP contribution is 2.22. The molecule has 0 spiro atoms. The lowest BCUT2D eigenvalue weighted by atomic mass is 9.87. The minimum absolute atomic E-state index is 0.904. The first kappa shape index (κ1) is 30.9. The number of nitrogens with one attached hydrogen (secondary N) is 3. The second kappa shape index (κ2) is 21.7. The molecule has 2 rings (SSSR count). The fraction of sp³-hybridized carbons (Fsp3) is 1.00. The molecule has 0 aromatic carbocycles. The average molecular weight is 442 g/mol. The van der Waals surface area contributed by atoms with Gasteiger partial charge in [-0.3, -0.25) is 0 Å². The standard InChI is InChI=1S/C15H30N2.C11H24.C2H7N/c1-16-10-6-14(7-11-16)4-3-5-15-8-12-17(2)13-9-15;1-4-5-6-7-8-9-10-11(2)3;1-3-2/h14-15H,3-13H2,1-2H3;11H,4-10H2,1-3H3;3H,1-2H3/p+2. The molecule has 2 aliphatic heterocycles. The zero-order chi connectivity index (χ0) is 23.3. The van der Waals surface area contributed by atoms with Crippen molar-refractivity contribution in [3.8, 4) is 0 Å². The lowest BCUT2D eigenvalue weighted by Gasteiger charge is -2.28. The van der Waals surface area contributed by atoms with E-state index >= 15 is 0 Å². The number of hydrogen-bond donors (Lipinski definition) is 3. The van der Waals surface area contributed by atoms with Crippen molar-refractivity contribution in [2.75, 3.05) is 54.4 Å². The van der Waals surface area contributed by atoms with Crippen LogP contribution >= 0.6 is 0 Å². The summed E-state index contributed by atoms with van der Waals surface area (Å²) in [5.74, 6) is 3.03. The fourth-order valence-electron chi connectivity index (χ4n) is 4.95. The summed E-state index contributed by atoms with van der Waals surface area (Å²) in [5.41, 5.74) is 0. The quantitative estimate of drug-likeness (QED) is 0.410. The van der Waals surface area contributed by atoms with Crippen molar-refractivity contribution in [3.63, 3.8) is 0 Å². The number of likely N-dealkylation sites (tertiary alicyclic amines) is 2. The molecular weight excluding hydrogens is 378 g/mol. The van der Waals surface area contributed by atoms with E-state index in [1.165, 1.54) is 116 Å². The average Bonchev–Trinajstić information content (AvgIpc) is 2.74. The summed E-state index contributed by atoms with van der Waals surface area (Å²) in [5, 5.41) is 2.75. The van der Waals surface area contributed by atoms with Gasteiger partial charge in [0.1, 0.15) is 0 Å². The molecule has 0 aromatic heterocycles. The van der Waals surface area contributed by atoms with Gasteiger partial charge in [-0.15, -0.1) is 0 Å². The Morgan fingerprint density at radius 2 is 1.06 bits per heavy atom. The molecule has 3 N–H and O–H groups in total. The highest BCUT2D eigenvalue weighted by atomic mass is 15.1. The number of unbranched alkanes of at least 4 members (excludes halogenated alkanes) is 5. The summed E-state index contributed by atoms with van der Waals surface area (Å²) in [6.45, 7) is 12.6. The second-order valence-corrected chi connectivity index (χ2v) is 11.2. The smallest absolute Gasteiger partial charge is 0.0771 e. The molecule has 0 radical (unpaired) electrons. The van der Waals surface area contributed by atoms with Crippen LogP contribution in [0.2, 0.25) is 0 Å². The molecule has 0 aromatic rings. The summed E-state index contributed by atoms with van der Waals surface area (Å²) < 4.78 is 0. The number of quaternary nitrogens is 2. The zero-order valence-electron chi connectivity index (χ0n) is 23.0. The maximum absolute atomic E-state index is 2.75. The van der Waals surface area contributed by atoms with Crippen molar-refractivity contribution >= 4 is 0 Å². The molecule has 2 saturated heterocycles. The van der Waals surface area contributed by atoms with E-state index < -0.39 is 0 Å². The van der Waals surface area contributed by atoms with E-state index in [-0.39, 0.29) is 0 Å². The zero-order valence-corrected chi connectivity index (χ0v) is 23.0. The third-order valence-corrected chi connectivity index (χ3v) is 7.28. The van der Waals surface area contributed by atoms with Crippen LogP contribution in [0, 0.1) is 17.8 Å². The molecule has 2 aliphatic rings. The molecule has 0 aliphatic carbocycles. The Balaban J connectivity index is 0.000000557. The monoisotopic (exact) mass is 442 g/mol. The van der Waals surface area contributed by atoms with E-state index in [2.05, 4.69) is 40.2 Å². The van der Waals surface area contributed by atoms with Gasteiger partial charge in [0.15, 0.2) is 0 Å². The van der Waals surface area contributed by atoms with Crippen LogP contribution in [0.3, 0.4) is 0 Å². The van der Waals surface area contributed by atoms with Gasteiger partial charge in [-0.05, 0) is 57.5 Å². The first-order valence-corrected chi connectivity index (χ1v) is 14.1. The Morgan fingerprint density at radius 1 is 0.677 bits per heavy atom. The summed E-state index contributed by atoms with van der Waals surface area (Å²) in [6.07, 6.45) is 20.5. The summed E-state index contributed by atoms with van der Waals surface area (Å²) in [4.78, 5) is 3.50. The van der Waals surface area contributed by atoms with Crippen LogP contribution in [0.4, 0.5) is 0 Å². The van der Waals surface area contributed by atoms with E-state index in [0.717, 1.165) is 17.8 Å². The SMILES string of the molecule is CCCCCCCCC(C)C.CNC.C[NH+]1CCC(CCCC2CC[NH+](C)CC2)CC1. The highest BCUT2D eigenvalue weighted by Gasteiger charge is 2.21. The third-order valence-electron chi connectivity index (χ3n) is 7.28. The maximum Gasteiger partial charge on any atom is 0.0771 e. The van der Waals surface area contributed by atoms with Gasteiger partial charge in [-0.1, -0.05) is 85.0 Å². The van der Waals surface area contributed by atoms with Crippen LogP contribution in [0.1, 0.15) is 111 Å². The van der Waals surface area contributed by atoms with Crippen LogP contribution < -0.4 is 15.1 Å². The lowest BCUT2D eigenvalue weighted by Crippen LogP contribution is -3.10. The molecule has 0 amide bonds. The Kier molecular flexibility index (Phi) is 21.6. The van der Waals surface area contributed by atoms with Gasteiger partial charge in [-0.2, -0.15) is 0 Å². The van der Waals surface area contributed by atoms with Crippen molar-refractivity contribution in [2.24, 2.45) is 17.8 Å². The number of hydrogen-bond acceptors (Lipinski definition) is 1. The first-order valence-electron chi connectivity index (χ1n) is 14.1. The highest BCUT2D eigenvalue weighted by molar-refractivity contribution is 4.66. The predicted molar refractivity (Wildman–Crippen MR) is 140 cm³/mol. The van der Waals surface area contributed by atoms with Gasteiger partial charge in [0.2, 0.25) is 0 Å². The molecular formula is C28H63N3+2. The molecule has 0 bridgehead atoms. The van der Waals surface area contributed by atoms with Crippen LogP contribution in [-0.2, 0) is 0 Å². The summed E-state index contributed by atoms with van der Waals surface area (Å²) >= 11 is 0. The van der Waals surface area contributed by atoms with Crippen molar-refractivity contribution in [3.05, 3.63) is 0 Å². The first-order chi connectivity index (χ1) is 14.9. The molecule has 188 valence electrons. The normalized spacial score (nSPS) is 25.9. The number of rotatable bonds is 11. The summed E-state index contributed by atoms with van der Waals surface area (Å²) in [7, 11) is 8.44. The van der Waals surface area contributed by atoms with Crippen molar-refractivity contribution in [1.29, 1.82) is 0 Å². The van der Waals surface area contributed by atoms with Gasteiger partial charge in [-0.25, -0.2) is 0 Å². The molecule has 3 nitrogen and oxygen atoms in total. The van der Waals surface area contributed by atoms with E-state index in [4.69, 9.17) is 0 Å². The molecule has 3 heteroatoms. The van der Waals surface area contributed by atoms with Crippen molar-refractivity contribution < 1.29 is 9.80 Å². The van der Waals surface area contributed by atoms with Gasteiger partial charge in [0.05, 0.1) is 40.3 Å². The minimum Gasteiger partial charge on any atom is -0.337 e. The molecule has 2 fully saturated rings. The van der Waals surface area contributed by atoms with E-state index in [1.54, 1.807) is 9.80 Å². The topological polar surface area (TPSA) is 20.9 Å². The van der Waals surface area contributed by atoms with Crippen molar-refractivity contribution in [1.82, 2.24) is 5.32 Å². The van der Waals surface area contributed by atoms with Crippen LogP contribution in [0.5, 0.6) is 0 Å². The van der Waals surface area contributed by atoms with Crippen molar-refractivity contribution in [2.45, 2.75) is 111 Å². The van der Waals surface area contributed by atoms with Gasteiger partial charge in [0.25, 0.3) is 0 Å². The van der Waals surface area contributed by atoms with E-state index in [9.17, 15) is 0 Å². The molecule has 0 atom stereocenters. The Morgan fingerprint density at radius 3 is 1.45 bits per heavy atom. The maximum atomic E-state index is 2.75. The second-order valence-electron chi connectivity index (χ2n) is 11.2. The molecule has 2 heterocycles. The largest absolute Gasteiger partial charge is 0.337 e. The third kappa shape index (κ3) is 20.2. The molecule has 0 saturated carbocycles. The molecule has 0 unspecified atom stereocenters. The van der Waals surface area contributed by atoms with Crippen LogP contribution in [0.15, 0.2) is 0 Å². The number of piperidine rings is 2. The minimum atomic E-state index is 0.904. The van der Waals surface area contributed by atoms with Gasteiger partial charge < -0.3 is 15.1 Å². The Labute approximate surface area is 198 Å². The lowest BCUT2D eigenvalue weighted by molar-refractivity contribution is -0.886. The van der Waals surface area contributed by atoms with Crippen LogP contribution in [-0.4, -0.2) is 54.4 Å². The van der Waals surface area contributed by atoms with Crippen LogP contribution in [0.25, 0.3) is 0 Å². The van der Waals surface area contributed by atoms with E-state index in [0.29, 0.717) is 0 Å².